The van der Waals surface area contributed by atoms with Crippen molar-refractivity contribution in [3.05, 3.63) is 46.8 Å². The monoisotopic (exact) mass is 272 g/mol. The van der Waals surface area contributed by atoms with E-state index >= 15 is 0 Å². The summed E-state index contributed by atoms with van der Waals surface area (Å²) in [6.45, 7) is 7.98. The Balaban J connectivity index is 2.17. The lowest BCUT2D eigenvalue weighted by Gasteiger charge is -2.08. The number of carbonyl (C=O) groups excluding carboxylic acids is 1. The summed E-state index contributed by atoms with van der Waals surface area (Å²) in [7, 11) is 0. The highest BCUT2D eigenvalue weighted by Crippen LogP contribution is 2.19. The molecule has 1 N–H and O–H groups in total. The van der Waals surface area contributed by atoms with Crippen LogP contribution >= 0.6 is 0 Å². The largest absolute Gasteiger partial charge is 0.361 e. The highest BCUT2D eigenvalue weighted by atomic mass is 16.5. The fraction of sp³-hybridized carbons (Fsp3) is 0.375. The van der Waals surface area contributed by atoms with E-state index in [-0.39, 0.29) is 5.91 Å². The molecule has 1 heterocycles. The van der Waals surface area contributed by atoms with E-state index in [1.165, 1.54) is 5.56 Å². The summed E-state index contributed by atoms with van der Waals surface area (Å²) < 4.78 is 5.09. The minimum Gasteiger partial charge on any atom is -0.361 e. The third kappa shape index (κ3) is 2.90. The first-order chi connectivity index (χ1) is 9.52. The maximum Gasteiger partial charge on any atom is 0.261 e. The first-order valence-corrected chi connectivity index (χ1v) is 6.89. The molecule has 0 aliphatic heterocycles. The summed E-state index contributed by atoms with van der Waals surface area (Å²) in [5.41, 5.74) is 3.26. The van der Waals surface area contributed by atoms with Crippen molar-refractivity contribution in [1.29, 1.82) is 0 Å². The Morgan fingerprint density at radius 2 is 1.95 bits per heavy atom. The lowest BCUT2D eigenvalue weighted by atomic mass is 10.0. The molecule has 1 aromatic carbocycles. The van der Waals surface area contributed by atoms with E-state index < -0.39 is 0 Å². The molecule has 1 amide bonds. The lowest BCUT2D eigenvalue weighted by Crippen LogP contribution is -2.14. The molecule has 0 aliphatic rings. The molecule has 2 rings (SSSR count). The summed E-state index contributed by atoms with van der Waals surface area (Å²) in [5.74, 6) is 0.864. The van der Waals surface area contributed by atoms with Crippen LogP contribution in [0.1, 0.15) is 54.1 Å². The Labute approximate surface area is 119 Å². The molecule has 0 bridgehead atoms. The fourth-order valence-electron chi connectivity index (χ4n) is 2.10. The van der Waals surface area contributed by atoms with E-state index in [1.54, 1.807) is 6.92 Å². The maximum absolute atomic E-state index is 12.3. The van der Waals surface area contributed by atoms with Crippen LogP contribution in [0.3, 0.4) is 0 Å². The molecule has 0 spiro atoms. The molecule has 1 aromatic heterocycles. The number of carbonyl (C=O) groups is 1. The van der Waals surface area contributed by atoms with E-state index in [1.807, 2.05) is 31.2 Å². The molecule has 0 unspecified atom stereocenters. The van der Waals surface area contributed by atoms with Gasteiger partial charge in [-0.05, 0) is 37.0 Å². The molecule has 2 aromatic rings. The van der Waals surface area contributed by atoms with Crippen molar-refractivity contribution in [2.45, 2.75) is 40.0 Å². The van der Waals surface area contributed by atoms with Crippen LogP contribution < -0.4 is 5.32 Å². The number of benzene rings is 1. The molecule has 0 radical (unpaired) electrons. The maximum atomic E-state index is 12.3. The van der Waals surface area contributed by atoms with Crippen LogP contribution in [0.25, 0.3) is 0 Å². The number of rotatable bonds is 4. The first kappa shape index (κ1) is 14.3. The number of hydrogen-bond donors (Lipinski definition) is 1. The summed E-state index contributed by atoms with van der Waals surface area (Å²) in [5, 5.41) is 6.79. The molecular weight excluding hydrogens is 252 g/mol. The van der Waals surface area contributed by atoms with Crippen molar-refractivity contribution in [2.24, 2.45) is 0 Å². The smallest absolute Gasteiger partial charge is 0.261 e. The van der Waals surface area contributed by atoms with Gasteiger partial charge < -0.3 is 9.84 Å². The molecule has 0 saturated heterocycles. The zero-order chi connectivity index (χ0) is 14.7. The number of nitrogens with one attached hydrogen (secondary N) is 1. The van der Waals surface area contributed by atoms with Crippen molar-refractivity contribution in [3.8, 4) is 0 Å². The van der Waals surface area contributed by atoms with Gasteiger partial charge in [0.05, 0.1) is 5.69 Å². The van der Waals surface area contributed by atoms with E-state index in [2.05, 4.69) is 24.3 Å². The van der Waals surface area contributed by atoms with Crippen molar-refractivity contribution in [1.82, 2.24) is 5.16 Å². The summed E-state index contributed by atoms with van der Waals surface area (Å²) >= 11 is 0. The second-order valence-corrected chi connectivity index (χ2v) is 5.14. The van der Waals surface area contributed by atoms with Crippen LogP contribution in [0.15, 0.2) is 28.8 Å². The second-order valence-electron chi connectivity index (χ2n) is 5.14. The number of anilines is 1. The normalized spacial score (nSPS) is 10.8. The Hall–Kier alpha value is -2.10. The molecule has 4 heteroatoms. The highest BCUT2D eigenvalue weighted by Gasteiger charge is 2.19. The predicted octanol–water partition coefficient (Wildman–Crippen LogP) is 3.92. The molecule has 0 saturated carbocycles. The second kappa shape index (κ2) is 5.90. The van der Waals surface area contributed by atoms with E-state index in [4.69, 9.17) is 4.52 Å². The quantitative estimate of drug-likeness (QED) is 0.917. The van der Waals surface area contributed by atoms with Crippen molar-refractivity contribution < 1.29 is 9.32 Å². The fourth-order valence-corrected chi connectivity index (χ4v) is 2.10. The zero-order valence-electron chi connectivity index (χ0n) is 12.4. The van der Waals surface area contributed by atoms with Crippen molar-refractivity contribution in [2.75, 3.05) is 5.32 Å². The molecule has 20 heavy (non-hydrogen) atoms. The average Bonchev–Trinajstić information content (AvgIpc) is 2.80. The number of hydrogen-bond acceptors (Lipinski definition) is 3. The first-order valence-electron chi connectivity index (χ1n) is 6.89. The van der Waals surface area contributed by atoms with Gasteiger partial charge in [-0.1, -0.05) is 38.1 Å². The summed E-state index contributed by atoms with van der Waals surface area (Å²) in [4.78, 5) is 12.3. The van der Waals surface area contributed by atoms with Crippen LogP contribution in [0.2, 0.25) is 0 Å². The lowest BCUT2D eigenvalue weighted by molar-refractivity contribution is 0.102. The third-order valence-electron chi connectivity index (χ3n) is 3.33. The summed E-state index contributed by atoms with van der Waals surface area (Å²) in [6.07, 6.45) is 0.673. The average molecular weight is 272 g/mol. The van der Waals surface area contributed by atoms with Gasteiger partial charge in [-0.3, -0.25) is 4.79 Å². The molecular formula is C16H20N2O2. The Bertz CT molecular complexity index is 597. The van der Waals surface area contributed by atoms with Crippen LogP contribution in [0.4, 0.5) is 5.69 Å². The number of aromatic nitrogens is 1. The van der Waals surface area contributed by atoms with Gasteiger partial charge in [-0.15, -0.1) is 0 Å². The van der Waals surface area contributed by atoms with Gasteiger partial charge in [0.2, 0.25) is 0 Å². The van der Waals surface area contributed by atoms with E-state index in [0.717, 1.165) is 5.69 Å². The third-order valence-corrected chi connectivity index (χ3v) is 3.33. The standard InChI is InChI=1S/C16H20N2O2/c1-5-14-15(11(4)20-18-14)16(19)17-13-8-6-12(7-9-13)10(2)3/h6-10H,5H2,1-4H3,(H,17,19). The Morgan fingerprint density at radius 1 is 1.30 bits per heavy atom. The van der Waals surface area contributed by atoms with Gasteiger partial charge in [-0.25, -0.2) is 0 Å². The molecule has 4 nitrogen and oxygen atoms in total. The zero-order valence-corrected chi connectivity index (χ0v) is 12.4. The van der Waals surface area contributed by atoms with Crippen LogP contribution in [0, 0.1) is 6.92 Å². The highest BCUT2D eigenvalue weighted by molar-refractivity contribution is 6.05. The molecule has 0 aliphatic carbocycles. The van der Waals surface area contributed by atoms with Gasteiger partial charge in [0.15, 0.2) is 0 Å². The van der Waals surface area contributed by atoms with Crippen LogP contribution in [-0.4, -0.2) is 11.1 Å². The predicted molar refractivity (Wildman–Crippen MR) is 79.1 cm³/mol. The molecule has 106 valence electrons. The Morgan fingerprint density at radius 3 is 2.50 bits per heavy atom. The van der Waals surface area contributed by atoms with Crippen LogP contribution in [0.5, 0.6) is 0 Å². The minimum atomic E-state index is -0.169. The van der Waals surface area contributed by atoms with Gasteiger partial charge >= 0.3 is 0 Å². The van der Waals surface area contributed by atoms with Gasteiger partial charge in [0.1, 0.15) is 11.3 Å². The van der Waals surface area contributed by atoms with Gasteiger partial charge in [0, 0.05) is 5.69 Å². The Kier molecular flexibility index (Phi) is 4.23. The van der Waals surface area contributed by atoms with Gasteiger partial charge in [0.25, 0.3) is 5.91 Å². The van der Waals surface area contributed by atoms with Crippen LogP contribution in [-0.2, 0) is 6.42 Å². The van der Waals surface area contributed by atoms with Gasteiger partial charge in [-0.2, -0.15) is 0 Å². The molecule has 0 atom stereocenters. The van der Waals surface area contributed by atoms with E-state index in [0.29, 0.717) is 29.4 Å². The summed E-state index contributed by atoms with van der Waals surface area (Å²) in [6, 6.07) is 7.90. The minimum absolute atomic E-state index is 0.169. The number of amides is 1. The van der Waals surface area contributed by atoms with Crippen molar-refractivity contribution in [3.63, 3.8) is 0 Å². The molecule has 0 fully saturated rings. The SMILES string of the molecule is CCc1noc(C)c1C(=O)Nc1ccc(C(C)C)cc1. The van der Waals surface area contributed by atoms with E-state index in [9.17, 15) is 4.79 Å². The number of aryl methyl sites for hydroxylation is 2. The topological polar surface area (TPSA) is 55.1 Å². The van der Waals surface area contributed by atoms with Crippen molar-refractivity contribution >= 4 is 11.6 Å². The number of nitrogens with zero attached hydrogens (tertiary/aromatic N) is 1.